The standard InChI is InChI=1S/C26H19ClN2O3/c1-25(17-5-7-18(8-6-17)26(15-28)11-12-26)21-14-19(27)9-10-22(21)29(24(25)32)20-4-2-3-16(13-20)23(30)31/h2-10,13-14H,11-12H2,1H3,(H,30,31). The monoisotopic (exact) mass is 442 g/mol. The van der Waals surface area contributed by atoms with Crippen LogP contribution in [0, 0.1) is 11.3 Å². The quantitative estimate of drug-likeness (QED) is 0.572. The Labute approximate surface area is 190 Å². The third kappa shape index (κ3) is 2.84. The highest BCUT2D eigenvalue weighted by molar-refractivity contribution is 6.31. The minimum Gasteiger partial charge on any atom is -0.478 e. The van der Waals surface area contributed by atoms with E-state index in [1.165, 1.54) is 12.1 Å². The molecule has 2 aliphatic rings. The summed E-state index contributed by atoms with van der Waals surface area (Å²) in [6.45, 7) is 1.86. The molecule has 0 radical (unpaired) electrons. The lowest BCUT2D eigenvalue weighted by atomic mass is 9.76. The van der Waals surface area contributed by atoms with Gasteiger partial charge in [0.25, 0.3) is 0 Å². The van der Waals surface area contributed by atoms with Crippen LogP contribution in [0.5, 0.6) is 0 Å². The molecule has 158 valence electrons. The van der Waals surface area contributed by atoms with E-state index in [-0.39, 0.29) is 11.5 Å². The van der Waals surface area contributed by atoms with Crippen molar-refractivity contribution in [3.63, 3.8) is 0 Å². The molecule has 0 saturated heterocycles. The second kappa shape index (κ2) is 6.94. The van der Waals surface area contributed by atoms with E-state index in [9.17, 15) is 20.0 Å². The van der Waals surface area contributed by atoms with Crippen LogP contribution in [0.1, 0.15) is 46.8 Å². The maximum absolute atomic E-state index is 13.9. The van der Waals surface area contributed by atoms with Gasteiger partial charge in [-0.1, -0.05) is 41.9 Å². The van der Waals surface area contributed by atoms with Crippen molar-refractivity contribution in [3.8, 4) is 6.07 Å². The van der Waals surface area contributed by atoms with Gasteiger partial charge in [-0.25, -0.2) is 4.79 Å². The van der Waals surface area contributed by atoms with Gasteiger partial charge in [0.05, 0.1) is 28.2 Å². The molecule has 3 aromatic rings. The first-order chi connectivity index (χ1) is 15.3. The van der Waals surface area contributed by atoms with E-state index in [0.717, 1.165) is 29.5 Å². The van der Waals surface area contributed by atoms with Crippen molar-refractivity contribution >= 4 is 34.9 Å². The summed E-state index contributed by atoms with van der Waals surface area (Å²) in [5, 5.41) is 19.4. The topological polar surface area (TPSA) is 81.4 Å². The van der Waals surface area contributed by atoms with Gasteiger partial charge in [0.2, 0.25) is 5.91 Å². The molecule has 1 amide bonds. The normalized spacial score (nSPS) is 20.5. The lowest BCUT2D eigenvalue weighted by Crippen LogP contribution is -2.36. The smallest absolute Gasteiger partial charge is 0.335 e. The molecule has 1 saturated carbocycles. The van der Waals surface area contributed by atoms with Crippen molar-refractivity contribution in [2.75, 3.05) is 4.90 Å². The number of nitriles is 1. The fourth-order valence-electron chi connectivity index (χ4n) is 4.58. The highest BCUT2D eigenvalue weighted by Gasteiger charge is 2.50. The van der Waals surface area contributed by atoms with Gasteiger partial charge >= 0.3 is 5.97 Å². The number of hydrogen-bond donors (Lipinski definition) is 1. The Hall–Kier alpha value is -3.62. The second-order valence-corrected chi connectivity index (χ2v) is 8.99. The van der Waals surface area contributed by atoms with E-state index in [0.29, 0.717) is 16.4 Å². The van der Waals surface area contributed by atoms with Gasteiger partial charge in [0.15, 0.2) is 0 Å². The van der Waals surface area contributed by atoms with E-state index in [4.69, 9.17) is 11.6 Å². The average Bonchev–Trinajstić information content (AvgIpc) is 3.57. The molecule has 32 heavy (non-hydrogen) atoms. The minimum atomic E-state index is -1.06. The Morgan fingerprint density at radius 3 is 2.38 bits per heavy atom. The number of benzene rings is 3. The molecule has 5 rings (SSSR count). The summed E-state index contributed by atoms with van der Waals surface area (Å²) < 4.78 is 0. The van der Waals surface area contributed by atoms with Gasteiger partial charge in [-0.05, 0) is 72.9 Å². The van der Waals surface area contributed by atoms with Gasteiger partial charge in [-0.15, -0.1) is 0 Å². The predicted octanol–water partition coefficient (Wildman–Crippen LogP) is 5.58. The van der Waals surface area contributed by atoms with Gasteiger partial charge in [0.1, 0.15) is 0 Å². The lowest BCUT2D eigenvalue weighted by Gasteiger charge is -2.26. The summed E-state index contributed by atoms with van der Waals surface area (Å²) in [5.41, 5.74) is 2.37. The summed E-state index contributed by atoms with van der Waals surface area (Å²) in [4.78, 5) is 27.0. The zero-order chi connectivity index (χ0) is 22.7. The van der Waals surface area contributed by atoms with Gasteiger partial charge in [0, 0.05) is 10.7 Å². The SMILES string of the molecule is CC1(c2ccc(C3(C#N)CC3)cc2)C(=O)N(c2cccc(C(=O)O)c2)c2ccc(Cl)cc21. The molecule has 1 N–H and O–H groups in total. The lowest BCUT2D eigenvalue weighted by molar-refractivity contribution is -0.120. The maximum atomic E-state index is 13.9. The molecule has 1 aliphatic carbocycles. The number of carboxylic acids is 1. The molecule has 0 spiro atoms. The van der Waals surface area contributed by atoms with Crippen molar-refractivity contribution in [3.05, 3.63) is 94.0 Å². The number of carbonyl (C=O) groups is 2. The number of fused-ring (bicyclic) bond motifs is 1. The number of amides is 1. The predicted molar refractivity (Wildman–Crippen MR) is 121 cm³/mol. The molecule has 0 aromatic heterocycles. The Balaban J connectivity index is 1.65. The van der Waals surface area contributed by atoms with E-state index < -0.39 is 16.8 Å². The van der Waals surface area contributed by atoms with Crippen LogP contribution in [0.4, 0.5) is 11.4 Å². The molecule has 1 fully saturated rings. The Morgan fingerprint density at radius 1 is 1.06 bits per heavy atom. The Kier molecular flexibility index (Phi) is 4.40. The molecule has 1 heterocycles. The summed E-state index contributed by atoms with van der Waals surface area (Å²) in [6.07, 6.45) is 1.70. The highest BCUT2D eigenvalue weighted by atomic mass is 35.5. The average molecular weight is 443 g/mol. The molecule has 1 aliphatic heterocycles. The van der Waals surface area contributed by atoms with Gasteiger partial charge < -0.3 is 5.11 Å². The van der Waals surface area contributed by atoms with Crippen molar-refractivity contribution in [2.45, 2.75) is 30.6 Å². The first-order valence-corrected chi connectivity index (χ1v) is 10.7. The molecule has 1 unspecified atom stereocenters. The molecular formula is C26H19ClN2O3. The maximum Gasteiger partial charge on any atom is 0.335 e. The van der Waals surface area contributed by atoms with Crippen LogP contribution < -0.4 is 4.90 Å². The number of rotatable bonds is 4. The van der Waals surface area contributed by atoms with E-state index in [1.54, 1.807) is 35.2 Å². The van der Waals surface area contributed by atoms with Crippen molar-refractivity contribution in [1.29, 1.82) is 5.26 Å². The summed E-state index contributed by atoms with van der Waals surface area (Å²) >= 11 is 6.31. The number of aromatic carboxylic acids is 1. The zero-order valence-electron chi connectivity index (χ0n) is 17.3. The minimum absolute atomic E-state index is 0.106. The summed E-state index contributed by atoms with van der Waals surface area (Å²) in [6, 6.07) is 21.7. The first kappa shape index (κ1) is 20.3. The first-order valence-electron chi connectivity index (χ1n) is 10.3. The van der Waals surface area contributed by atoms with E-state index in [2.05, 4.69) is 6.07 Å². The van der Waals surface area contributed by atoms with Crippen molar-refractivity contribution in [1.82, 2.24) is 0 Å². The number of carbonyl (C=O) groups excluding carboxylic acids is 1. The fraction of sp³-hybridized carbons (Fsp3) is 0.192. The molecule has 5 nitrogen and oxygen atoms in total. The third-order valence-electron chi connectivity index (χ3n) is 6.70. The summed E-state index contributed by atoms with van der Waals surface area (Å²) in [5.74, 6) is -1.24. The van der Waals surface area contributed by atoms with E-state index in [1.807, 2.05) is 31.2 Å². The second-order valence-electron chi connectivity index (χ2n) is 8.55. The summed E-state index contributed by atoms with van der Waals surface area (Å²) in [7, 11) is 0. The number of halogens is 1. The van der Waals surface area contributed by atoms with Crippen LogP contribution in [-0.4, -0.2) is 17.0 Å². The van der Waals surface area contributed by atoms with Crippen LogP contribution in [0.2, 0.25) is 5.02 Å². The van der Waals surface area contributed by atoms with Crippen LogP contribution in [0.3, 0.4) is 0 Å². The van der Waals surface area contributed by atoms with Crippen LogP contribution in [-0.2, 0) is 15.6 Å². The van der Waals surface area contributed by atoms with Crippen LogP contribution in [0.25, 0.3) is 0 Å². The zero-order valence-corrected chi connectivity index (χ0v) is 18.1. The van der Waals surface area contributed by atoms with Crippen molar-refractivity contribution < 1.29 is 14.7 Å². The van der Waals surface area contributed by atoms with Crippen molar-refractivity contribution in [2.24, 2.45) is 0 Å². The molecule has 6 heteroatoms. The number of anilines is 2. The Morgan fingerprint density at radius 2 is 1.75 bits per heavy atom. The number of hydrogen-bond acceptors (Lipinski definition) is 3. The Bertz CT molecular complexity index is 1320. The highest BCUT2D eigenvalue weighted by Crippen LogP contribution is 2.51. The van der Waals surface area contributed by atoms with Gasteiger partial charge in [-0.3, -0.25) is 9.69 Å². The number of nitrogens with zero attached hydrogens (tertiary/aromatic N) is 2. The van der Waals surface area contributed by atoms with Gasteiger partial charge in [-0.2, -0.15) is 5.26 Å². The molecule has 3 aromatic carbocycles. The molecule has 0 bridgehead atoms. The van der Waals surface area contributed by atoms with Crippen LogP contribution in [0.15, 0.2) is 66.7 Å². The number of carboxylic acid groups (broad SMARTS) is 1. The van der Waals surface area contributed by atoms with E-state index >= 15 is 0 Å². The van der Waals surface area contributed by atoms with Crippen LogP contribution >= 0.6 is 11.6 Å². The largest absolute Gasteiger partial charge is 0.478 e. The third-order valence-corrected chi connectivity index (χ3v) is 6.93. The molecular weight excluding hydrogens is 424 g/mol. The molecule has 1 atom stereocenters. The fourth-order valence-corrected chi connectivity index (χ4v) is 4.75.